The normalized spacial score (nSPS) is 15.3. The number of hydrogen-bond acceptors (Lipinski definition) is 5. The van der Waals surface area contributed by atoms with Crippen molar-refractivity contribution in [2.75, 3.05) is 5.75 Å². The van der Waals surface area contributed by atoms with Crippen LogP contribution in [-0.2, 0) is 10.0 Å². The number of nitrogens with one attached hydrogen (secondary N) is 1. The highest BCUT2D eigenvalue weighted by molar-refractivity contribution is 7.90. The van der Waals surface area contributed by atoms with Crippen LogP contribution in [0.4, 0.5) is 8.78 Å². The van der Waals surface area contributed by atoms with Crippen molar-refractivity contribution < 1.29 is 22.0 Å². The quantitative estimate of drug-likeness (QED) is 0.890. The summed E-state index contributed by atoms with van der Waals surface area (Å²) in [7, 11) is -3.77. The van der Waals surface area contributed by atoms with E-state index in [2.05, 4.69) is 10.1 Å². The summed E-state index contributed by atoms with van der Waals surface area (Å²) in [5, 5.41) is 3.76. The molecule has 10 heteroatoms. The molecule has 1 N–H and O–H groups in total. The van der Waals surface area contributed by atoms with Crippen molar-refractivity contribution in [2.45, 2.75) is 32.1 Å². The molecule has 1 aliphatic carbocycles. The number of rotatable bonds is 5. The van der Waals surface area contributed by atoms with E-state index in [0.29, 0.717) is 5.69 Å². The Morgan fingerprint density at radius 2 is 2.17 bits per heavy atom. The zero-order valence-corrected chi connectivity index (χ0v) is 13.0. The van der Waals surface area contributed by atoms with Crippen molar-refractivity contribution in [3.05, 3.63) is 29.2 Å². The zero-order chi connectivity index (χ0) is 16.8. The number of sulfonamides is 1. The van der Waals surface area contributed by atoms with Gasteiger partial charge in [0.1, 0.15) is 11.3 Å². The molecule has 0 aromatic carbocycles. The lowest BCUT2D eigenvalue weighted by Crippen LogP contribution is -2.31. The zero-order valence-electron chi connectivity index (χ0n) is 12.2. The fourth-order valence-electron chi connectivity index (χ4n) is 2.18. The van der Waals surface area contributed by atoms with Crippen LogP contribution in [0, 0.1) is 0 Å². The maximum Gasteiger partial charge on any atom is 0.280 e. The number of carbonyl (C=O) groups excluding carboxylic acids is 1. The predicted octanol–water partition coefficient (Wildman–Crippen LogP) is 1.62. The maximum atomic E-state index is 13.2. The number of nitrogens with zero attached hydrogens (tertiary/aromatic N) is 3. The fraction of sp³-hybridized carbons (Fsp3) is 0.462. The summed E-state index contributed by atoms with van der Waals surface area (Å²) in [6.07, 6.45) is -0.0312. The van der Waals surface area contributed by atoms with Crippen LogP contribution < -0.4 is 4.72 Å². The molecule has 1 fully saturated rings. The average Bonchev–Trinajstić information content (AvgIpc) is 3.25. The number of hydrogen-bond donors (Lipinski definition) is 1. The van der Waals surface area contributed by atoms with Crippen LogP contribution in [0.1, 0.15) is 53.9 Å². The van der Waals surface area contributed by atoms with Crippen LogP contribution in [0.15, 0.2) is 12.3 Å². The maximum absolute atomic E-state index is 13.2. The third kappa shape index (κ3) is 3.03. The minimum Gasteiger partial charge on any atom is -0.268 e. The minimum atomic E-state index is -3.77. The summed E-state index contributed by atoms with van der Waals surface area (Å²) in [4.78, 5) is 16.3. The molecule has 0 aliphatic heterocycles. The van der Waals surface area contributed by atoms with E-state index in [9.17, 15) is 22.0 Å². The predicted molar refractivity (Wildman–Crippen MR) is 76.8 cm³/mol. The smallest absolute Gasteiger partial charge is 0.268 e. The van der Waals surface area contributed by atoms with E-state index in [4.69, 9.17) is 0 Å². The molecule has 3 rings (SSSR count). The van der Waals surface area contributed by atoms with Crippen LogP contribution in [0.2, 0.25) is 0 Å². The summed E-state index contributed by atoms with van der Waals surface area (Å²) in [6, 6.07) is 1.28. The SMILES string of the molecule is CCS(=O)(=O)NC(=O)c1cnn2c(C(F)F)cc(C3CC3)nc12. The Morgan fingerprint density at radius 3 is 2.74 bits per heavy atom. The molecule has 124 valence electrons. The van der Waals surface area contributed by atoms with Crippen LogP contribution in [0.3, 0.4) is 0 Å². The molecule has 2 aromatic rings. The van der Waals surface area contributed by atoms with Crippen molar-refractivity contribution in [3.8, 4) is 0 Å². The molecule has 0 saturated heterocycles. The second-order valence-electron chi connectivity index (χ2n) is 5.31. The molecule has 0 atom stereocenters. The molecule has 23 heavy (non-hydrogen) atoms. The van der Waals surface area contributed by atoms with Gasteiger partial charge in [-0.15, -0.1) is 0 Å². The first-order valence-corrected chi connectivity index (χ1v) is 8.69. The summed E-state index contributed by atoms with van der Waals surface area (Å²) >= 11 is 0. The largest absolute Gasteiger partial charge is 0.280 e. The van der Waals surface area contributed by atoms with Gasteiger partial charge in [0.05, 0.1) is 11.9 Å². The first-order valence-electron chi connectivity index (χ1n) is 7.04. The van der Waals surface area contributed by atoms with Gasteiger partial charge in [-0.1, -0.05) is 0 Å². The highest BCUT2D eigenvalue weighted by Crippen LogP contribution is 2.40. The molecule has 1 saturated carbocycles. The lowest BCUT2D eigenvalue weighted by atomic mass is 10.2. The Kier molecular flexibility index (Phi) is 3.78. The first kappa shape index (κ1) is 15.8. The molecule has 1 amide bonds. The second kappa shape index (κ2) is 5.52. The summed E-state index contributed by atoms with van der Waals surface area (Å²) in [5.74, 6) is -1.11. The average molecular weight is 344 g/mol. The number of fused-ring (bicyclic) bond motifs is 1. The van der Waals surface area contributed by atoms with Gasteiger partial charge in [0, 0.05) is 11.6 Å². The van der Waals surface area contributed by atoms with Crippen LogP contribution in [0.25, 0.3) is 5.65 Å². The van der Waals surface area contributed by atoms with Crippen molar-refractivity contribution in [1.29, 1.82) is 0 Å². The van der Waals surface area contributed by atoms with E-state index in [1.165, 1.54) is 13.0 Å². The van der Waals surface area contributed by atoms with Crippen LogP contribution in [0.5, 0.6) is 0 Å². The van der Waals surface area contributed by atoms with E-state index >= 15 is 0 Å². The first-order chi connectivity index (χ1) is 10.8. The Hall–Kier alpha value is -2.10. The van der Waals surface area contributed by atoms with Gasteiger partial charge in [-0.3, -0.25) is 4.79 Å². The van der Waals surface area contributed by atoms with Gasteiger partial charge in [-0.2, -0.15) is 5.10 Å². The second-order valence-corrected chi connectivity index (χ2v) is 7.32. The molecule has 2 aromatic heterocycles. The van der Waals surface area contributed by atoms with Crippen molar-refractivity contribution in [1.82, 2.24) is 19.3 Å². The van der Waals surface area contributed by atoms with Crippen molar-refractivity contribution in [3.63, 3.8) is 0 Å². The number of halogens is 2. The van der Waals surface area contributed by atoms with Gasteiger partial charge >= 0.3 is 0 Å². The Balaban J connectivity index is 2.10. The molecule has 2 heterocycles. The topological polar surface area (TPSA) is 93.4 Å². The molecule has 7 nitrogen and oxygen atoms in total. The molecular weight excluding hydrogens is 330 g/mol. The minimum absolute atomic E-state index is 0.0616. The number of aromatic nitrogens is 3. The summed E-state index contributed by atoms with van der Waals surface area (Å²) in [5.41, 5.74) is -0.102. The van der Waals surface area contributed by atoms with Gasteiger partial charge in [-0.25, -0.2) is 31.4 Å². The van der Waals surface area contributed by atoms with E-state index in [0.717, 1.165) is 23.6 Å². The van der Waals surface area contributed by atoms with Gasteiger partial charge in [0.15, 0.2) is 5.65 Å². The number of amides is 1. The third-order valence-corrected chi connectivity index (χ3v) is 4.87. The van der Waals surface area contributed by atoms with Gasteiger partial charge in [0.2, 0.25) is 10.0 Å². The third-order valence-electron chi connectivity index (χ3n) is 3.61. The lowest BCUT2D eigenvalue weighted by Gasteiger charge is -2.08. The Morgan fingerprint density at radius 1 is 1.48 bits per heavy atom. The number of alkyl halides is 2. The van der Waals surface area contributed by atoms with Crippen molar-refractivity contribution in [2.24, 2.45) is 0 Å². The molecule has 0 radical (unpaired) electrons. The number of carbonyl (C=O) groups is 1. The Bertz CT molecular complexity index is 875. The highest BCUT2D eigenvalue weighted by Gasteiger charge is 2.29. The lowest BCUT2D eigenvalue weighted by molar-refractivity contribution is 0.0982. The van der Waals surface area contributed by atoms with Crippen molar-refractivity contribution >= 4 is 21.6 Å². The molecular formula is C13H14F2N4O3S. The summed E-state index contributed by atoms with van der Waals surface area (Å²) < 4.78 is 52.2. The van der Waals surface area contributed by atoms with Gasteiger partial charge in [-0.05, 0) is 25.8 Å². The summed E-state index contributed by atoms with van der Waals surface area (Å²) in [6.45, 7) is 1.38. The fourth-order valence-corrected chi connectivity index (χ4v) is 2.71. The van der Waals surface area contributed by atoms with E-state index in [1.54, 1.807) is 0 Å². The van der Waals surface area contributed by atoms with Gasteiger partial charge in [0.25, 0.3) is 12.3 Å². The van der Waals surface area contributed by atoms with E-state index in [-0.39, 0.29) is 28.6 Å². The molecule has 0 unspecified atom stereocenters. The van der Waals surface area contributed by atoms with Crippen LogP contribution >= 0.6 is 0 Å². The highest BCUT2D eigenvalue weighted by atomic mass is 32.2. The van der Waals surface area contributed by atoms with E-state index < -0.39 is 22.4 Å². The monoisotopic (exact) mass is 344 g/mol. The molecule has 1 aliphatic rings. The van der Waals surface area contributed by atoms with E-state index in [1.807, 2.05) is 4.72 Å². The van der Waals surface area contributed by atoms with Gasteiger partial charge < -0.3 is 0 Å². The molecule has 0 bridgehead atoms. The van der Waals surface area contributed by atoms with Crippen LogP contribution in [-0.4, -0.2) is 34.7 Å². The Labute approximate surface area is 130 Å². The standard InChI is InChI=1S/C13H14F2N4O3S/c1-2-23(21,22)18-13(20)8-6-16-19-10(11(14)15)5-9(7-3-4-7)17-12(8)19/h5-7,11H,2-4H2,1H3,(H,18,20). The molecule has 0 spiro atoms.